The van der Waals surface area contributed by atoms with Gasteiger partial charge in [0.05, 0.1) is 14.2 Å². The molecule has 0 aliphatic heterocycles. The number of rotatable bonds is 9. The lowest BCUT2D eigenvalue weighted by atomic mass is 10.1. The van der Waals surface area contributed by atoms with E-state index in [-0.39, 0.29) is 5.91 Å². The molecule has 0 unspecified atom stereocenters. The fourth-order valence-electron chi connectivity index (χ4n) is 3.17. The Labute approximate surface area is 187 Å². The molecule has 0 heterocycles. The molecule has 31 heavy (non-hydrogen) atoms. The topological polar surface area (TPSA) is 48.0 Å². The molecule has 6 heteroatoms. The average molecular weight is 438 g/mol. The Bertz CT molecular complexity index is 981. The quantitative estimate of drug-likeness (QED) is 0.427. The monoisotopic (exact) mass is 437 g/mol. The second kappa shape index (κ2) is 10.8. The maximum absolute atomic E-state index is 13.1. The van der Waals surface area contributed by atoms with E-state index < -0.39 is 0 Å². The molecule has 0 saturated heterocycles. The molecule has 3 aromatic rings. The van der Waals surface area contributed by atoms with Crippen LogP contribution < -0.4 is 14.2 Å². The van der Waals surface area contributed by atoms with E-state index >= 15 is 0 Å². The summed E-state index contributed by atoms with van der Waals surface area (Å²) in [6, 6.07) is 21.4. The van der Waals surface area contributed by atoms with E-state index in [1.165, 1.54) is 4.90 Å². The molecule has 0 aliphatic carbocycles. The first kappa shape index (κ1) is 22.6. The first-order chi connectivity index (χ1) is 15.0. The van der Waals surface area contributed by atoms with Crippen molar-refractivity contribution in [3.63, 3.8) is 0 Å². The summed E-state index contributed by atoms with van der Waals surface area (Å²) in [7, 11) is 4.88. The van der Waals surface area contributed by atoms with Crippen molar-refractivity contribution in [1.82, 2.24) is 4.90 Å². The summed E-state index contributed by atoms with van der Waals surface area (Å²) in [5.74, 6) is 1.26. The fourth-order valence-corrected chi connectivity index (χ4v) is 3.58. The van der Waals surface area contributed by atoms with E-state index in [0.717, 1.165) is 11.1 Å². The van der Waals surface area contributed by atoms with Gasteiger partial charge in [0.15, 0.2) is 11.5 Å². The number of benzene rings is 3. The van der Waals surface area contributed by atoms with Gasteiger partial charge in [-0.05, 0) is 41.6 Å². The first-order valence-electron chi connectivity index (χ1n) is 9.86. The van der Waals surface area contributed by atoms with Crippen molar-refractivity contribution in [2.45, 2.75) is 18.0 Å². The highest BCUT2D eigenvalue weighted by molar-refractivity contribution is 7.98. The average Bonchev–Trinajstić information content (AvgIpc) is 2.82. The predicted octanol–water partition coefficient (Wildman–Crippen LogP) is 5.28. The molecule has 5 nitrogen and oxygen atoms in total. The van der Waals surface area contributed by atoms with Crippen molar-refractivity contribution >= 4 is 17.7 Å². The molecular formula is C25H27NO4S. The number of amides is 1. The summed E-state index contributed by atoms with van der Waals surface area (Å²) in [6.45, 7) is 0.872. The van der Waals surface area contributed by atoms with E-state index in [2.05, 4.69) is 12.1 Å². The highest BCUT2D eigenvalue weighted by Crippen LogP contribution is 2.39. The number of carbonyl (C=O) groups is 1. The largest absolute Gasteiger partial charge is 0.493 e. The molecule has 0 aromatic heterocycles. The Morgan fingerprint density at radius 2 is 1.52 bits per heavy atom. The van der Waals surface area contributed by atoms with Gasteiger partial charge in [-0.2, -0.15) is 0 Å². The van der Waals surface area contributed by atoms with Gasteiger partial charge in [0.25, 0.3) is 5.91 Å². The van der Waals surface area contributed by atoms with Crippen LogP contribution in [-0.4, -0.2) is 38.3 Å². The summed E-state index contributed by atoms with van der Waals surface area (Å²) in [4.78, 5) is 15.9. The predicted molar refractivity (Wildman–Crippen MR) is 124 cm³/mol. The van der Waals surface area contributed by atoms with Crippen molar-refractivity contribution in [1.29, 1.82) is 0 Å². The minimum Gasteiger partial charge on any atom is -0.493 e. The molecule has 3 rings (SSSR count). The molecular weight excluding hydrogens is 410 g/mol. The number of carbonyl (C=O) groups excluding carboxylic acids is 1. The molecule has 0 N–H and O–H groups in total. The Hall–Kier alpha value is -3.12. The zero-order valence-corrected chi connectivity index (χ0v) is 19.1. The maximum atomic E-state index is 13.1. The number of thioether (sulfide) groups is 1. The second-order valence-electron chi connectivity index (χ2n) is 6.99. The minimum atomic E-state index is -0.125. The van der Waals surface area contributed by atoms with Gasteiger partial charge in [0, 0.05) is 24.1 Å². The van der Waals surface area contributed by atoms with E-state index in [4.69, 9.17) is 14.2 Å². The van der Waals surface area contributed by atoms with Crippen LogP contribution in [0.1, 0.15) is 21.5 Å². The lowest BCUT2D eigenvalue weighted by Gasteiger charge is -2.20. The van der Waals surface area contributed by atoms with Crippen LogP contribution in [0.25, 0.3) is 0 Å². The molecule has 0 aliphatic rings. The second-order valence-corrected chi connectivity index (χ2v) is 7.87. The molecule has 0 bridgehead atoms. The molecule has 3 aromatic carbocycles. The lowest BCUT2D eigenvalue weighted by Crippen LogP contribution is -2.26. The number of ether oxygens (including phenoxy) is 3. The number of nitrogens with zero attached hydrogens (tertiary/aromatic N) is 1. The molecule has 162 valence electrons. The summed E-state index contributed by atoms with van der Waals surface area (Å²) in [5, 5.41) is 0. The maximum Gasteiger partial charge on any atom is 0.254 e. The smallest absolute Gasteiger partial charge is 0.254 e. The molecule has 0 atom stereocenters. The third-order valence-electron chi connectivity index (χ3n) is 4.86. The number of hydrogen-bond acceptors (Lipinski definition) is 5. The van der Waals surface area contributed by atoms with Gasteiger partial charge in [0.1, 0.15) is 6.61 Å². The number of methoxy groups -OCH3 is 2. The van der Waals surface area contributed by atoms with Gasteiger partial charge in [0.2, 0.25) is 5.75 Å². The van der Waals surface area contributed by atoms with E-state index in [9.17, 15) is 4.79 Å². The Morgan fingerprint density at radius 1 is 0.903 bits per heavy atom. The highest BCUT2D eigenvalue weighted by Gasteiger charge is 2.20. The Morgan fingerprint density at radius 3 is 2.06 bits per heavy atom. The molecule has 1 amide bonds. The van der Waals surface area contributed by atoms with Gasteiger partial charge in [-0.3, -0.25) is 4.79 Å². The first-order valence-corrected chi connectivity index (χ1v) is 11.1. The van der Waals surface area contributed by atoms with Crippen molar-refractivity contribution in [3.05, 3.63) is 83.4 Å². The minimum absolute atomic E-state index is 0.125. The van der Waals surface area contributed by atoms with Crippen LogP contribution in [0, 0.1) is 0 Å². The van der Waals surface area contributed by atoms with Crippen LogP contribution >= 0.6 is 11.8 Å². The third-order valence-corrected chi connectivity index (χ3v) is 5.60. The van der Waals surface area contributed by atoms with Crippen LogP contribution in [0.4, 0.5) is 0 Å². The third kappa shape index (κ3) is 5.73. The Balaban J connectivity index is 1.79. The number of hydrogen-bond donors (Lipinski definition) is 0. The Kier molecular flexibility index (Phi) is 7.84. The van der Waals surface area contributed by atoms with Crippen molar-refractivity contribution in [3.8, 4) is 17.2 Å². The fraction of sp³-hybridized carbons (Fsp3) is 0.240. The zero-order chi connectivity index (χ0) is 22.2. The van der Waals surface area contributed by atoms with Crippen molar-refractivity contribution in [2.75, 3.05) is 27.5 Å². The van der Waals surface area contributed by atoms with Crippen LogP contribution in [-0.2, 0) is 13.2 Å². The van der Waals surface area contributed by atoms with Crippen LogP contribution in [0.3, 0.4) is 0 Å². The van der Waals surface area contributed by atoms with Gasteiger partial charge in [-0.25, -0.2) is 0 Å². The normalized spacial score (nSPS) is 10.5. The molecule has 0 fully saturated rings. The van der Waals surface area contributed by atoms with Gasteiger partial charge in [-0.15, -0.1) is 11.8 Å². The van der Waals surface area contributed by atoms with E-state index in [0.29, 0.717) is 36.0 Å². The van der Waals surface area contributed by atoms with Crippen molar-refractivity contribution < 1.29 is 19.0 Å². The van der Waals surface area contributed by atoms with Gasteiger partial charge in [-0.1, -0.05) is 42.5 Å². The summed E-state index contributed by atoms with van der Waals surface area (Å²) < 4.78 is 17.0. The molecule has 0 saturated carbocycles. The summed E-state index contributed by atoms with van der Waals surface area (Å²) in [5.41, 5.74) is 2.57. The molecule has 0 spiro atoms. The van der Waals surface area contributed by atoms with E-state index in [1.54, 1.807) is 50.1 Å². The van der Waals surface area contributed by atoms with Crippen molar-refractivity contribution in [2.24, 2.45) is 0 Å². The van der Waals surface area contributed by atoms with Crippen LogP contribution in [0.15, 0.2) is 71.6 Å². The highest BCUT2D eigenvalue weighted by atomic mass is 32.2. The summed E-state index contributed by atoms with van der Waals surface area (Å²) in [6.07, 6.45) is 2.04. The summed E-state index contributed by atoms with van der Waals surface area (Å²) >= 11 is 1.69. The molecule has 0 radical (unpaired) electrons. The van der Waals surface area contributed by atoms with Gasteiger partial charge < -0.3 is 19.1 Å². The lowest BCUT2D eigenvalue weighted by molar-refractivity contribution is 0.0784. The van der Waals surface area contributed by atoms with E-state index in [1.807, 2.05) is 48.7 Å². The standard InChI is InChI=1S/C25H27NO4S/c1-26(16-18-10-12-21(31-4)13-11-18)25(27)20-14-22(28-2)24(23(15-20)29-3)30-17-19-8-6-5-7-9-19/h5-15H,16-17H2,1-4H3. The van der Waals surface area contributed by atoms with Crippen LogP contribution in [0.2, 0.25) is 0 Å². The SMILES string of the molecule is COc1cc(C(=O)N(C)Cc2ccc(SC)cc2)cc(OC)c1OCc1ccccc1. The zero-order valence-electron chi connectivity index (χ0n) is 18.3. The van der Waals surface area contributed by atoms with Gasteiger partial charge >= 0.3 is 0 Å². The van der Waals surface area contributed by atoms with Crippen LogP contribution in [0.5, 0.6) is 17.2 Å².